The van der Waals surface area contributed by atoms with Crippen LogP contribution in [-0.4, -0.2) is 66.2 Å². The molecule has 3 heterocycles. The molecule has 1 aliphatic carbocycles. The summed E-state index contributed by atoms with van der Waals surface area (Å²) in [5.41, 5.74) is 1.86. The number of ether oxygens (including phenoxy) is 1. The van der Waals surface area contributed by atoms with Gasteiger partial charge in [0.1, 0.15) is 16.9 Å². The lowest BCUT2D eigenvalue weighted by molar-refractivity contribution is 0.0892. The molecule has 1 saturated carbocycles. The Balaban J connectivity index is 1.72. The maximum Gasteiger partial charge on any atom is 0.274 e. The summed E-state index contributed by atoms with van der Waals surface area (Å²) in [6.07, 6.45) is 6.28. The fourth-order valence-corrected chi connectivity index (χ4v) is 3.49. The highest BCUT2D eigenvalue weighted by molar-refractivity contribution is 7.98. The number of nitrogens with zero attached hydrogens (tertiary/aromatic N) is 6. The number of carbonyl (C=O) groups is 1. The summed E-state index contributed by atoms with van der Waals surface area (Å²) in [5.74, 6) is -0.0835. The standard InChI is InChI=1S/C18H21N7O3S/c1-10-11(21-9-22-17(10)29-3)7-25-15-13(19-6-12(23-15)28-2)14(24-25)16(26)20-8-18(27)4-5-18/h6,9,27H,4-5,7-8H2,1-3H3,(H,20,26). The van der Waals surface area contributed by atoms with Crippen LogP contribution < -0.4 is 10.1 Å². The third kappa shape index (κ3) is 3.87. The molecule has 0 radical (unpaired) electrons. The highest BCUT2D eigenvalue weighted by Crippen LogP contribution is 2.34. The number of fused-ring (bicyclic) bond motifs is 1. The van der Waals surface area contributed by atoms with Crippen LogP contribution in [0.25, 0.3) is 11.2 Å². The molecule has 10 nitrogen and oxygen atoms in total. The number of aliphatic hydroxyl groups is 1. The SMILES string of the molecule is COc1cnc2c(C(=O)NCC3(O)CC3)nn(Cc3ncnc(SC)c3C)c2n1. The quantitative estimate of drug-likeness (QED) is 0.428. The number of nitrogens with one attached hydrogen (secondary N) is 1. The molecule has 3 aromatic rings. The molecule has 3 aromatic heterocycles. The summed E-state index contributed by atoms with van der Waals surface area (Å²) in [6, 6.07) is 0. The number of thioether (sulfide) groups is 1. The Bertz CT molecular complexity index is 1080. The first kappa shape index (κ1) is 19.5. The number of hydrogen-bond donors (Lipinski definition) is 2. The van der Waals surface area contributed by atoms with E-state index in [1.165, 1.54) is 31.4 Å². The van der Waals surface area contributed by atoms with E-state index in [2.05, 4.69) is 30.4 Å². The minimum atomic E-state index is -0.796. The van der Waals surface area contributed by atoms with Crippen molar-refractivity contribution in [3.8, 4) is 5.88 Å². The number of methoxy groups -OCH3 is 1. The summed E-state index contributed by atoms with van der Waals surface area (Å²) in [5, 5.41) is 18.1. The van der Waals surface area contributed by atoms with Crippen molar-refractivity contribution in [3.05, 3.63) is 29.5 Å². The zero-order valence-electron chi connectivity index (χ0n) is 16.3. The number of carbonyl (C=O) groups excluding carboxylic acids is 1. The Morgan fingerprint density at radius 1 is 1.38 bits per heavy atom. The first-order valence-electron chi connectivity index (χ1n) is 9.06. The van der Waals surface area contributed by atoms with Crippen molar-refractivity contribution >= 4 is 28.8 Å². The molecule has 1 fully saturated rings. The molecule has 0 spiro atoms. The van der Waals surface area contributed by atoms with Crippen LogP contribution in [0, 0.1) is 6.92 Å². The van der Waals surface area contributed by atoms with Gasteiger partial charge in [-0.3, -0.25) is 4.79 Å². The Kier molecular flexibility index (Phi) is 5.09. The summed E-state index contributed by atoms with van der Waals surface area (Å²) in [7, 11) is 1.50. The number of aromatic nitrogens is 6. The molecule has 1 amide bonds. The summed E-state index contributed by atoms with van der Waals surface area (Å²) >= 11 is 1.54. The summed E-state index contributed by atoms with van der Waals surface area (Å²) in [6.45, 7) is 2.44. The highest BCUT2D eigenvalue weighted by atomic mass is 32.2. The molecule has 2 N–H and O–H groups in total. The second kappa shape index (κ2) is 7.56. The van der Waals surface area contributed by atoms with Crippen molar-refractivity contribution in [3.63, 3.8) is 0 Å². The van der Waals surface area contributed by atoms with E-state index in [1.54, 1.807) is 4.68 Å². The molecule has 4 rings (SSSR count). The highest BCUT2D eigenvalue weighted by Gasteiger charge is 2.40. The fourth-order valence-electron chi connectivity index (χ4n) is 2.91. The van der Waals surface area contributed by atoms with Gasteiger partial charge < -0.3 is 15.2 Å². The van der Waals surface area contributed by atoms with E-state index in [0.29, 0.717) is 36.4 Å². The molecule has 0 saturated heterocycles. The lowest BCUT2D eigenvalue weighted by Crippen LogP contribution is -2.33. The number of rotatable bonds is 7. The van der Waals surface area contributed by atoms with Crippen LogP contribution in [-0.2, 0) is 6.54 Å². The Morgan fingerprint density at radius 2 is 2.17 bits per heavy atom. The predicted octanol–water partition coefficient (Wildman–Crippen LogP) is 0.958. The number of amides is 1. The predicted molar refractivity (Wildman–Crippen MR) is 106 cm³/mol. The molecule has 1 aliphatic rings. The van der Waals surface area contributed by atoms with Crippen LogP contribution >= 0.6 is 11.8 Å². The smallest absolute Gasteiger partial charge is 0.274 e. The van der Waals surface area contributed by atoms with Gasteiger partial charge in [-0.1, -0.05) is 0 Å². The van der Waals surface area contributed by atoms with Gasteiger partial charge in [-0.05, 0) is 26.0 Å². The van der Waals surface area contributed by atoms with E-state index in [9.17, 15) is 9.90 Å². The molecule has 0 unspecified atom stereocenters. The Morgan fingerprint density at radius 3 is 2.86 bits per heavy atom. The van der Waals surface area contributed by atoms with Crippen molar-refractivity contribution in [1.29, 1.82) is 0 Å². The van der Waals surface area contributed by atoms with E-state index in [1.807, 2.05) is 13.2 Å². The van der Waals surface area contributed by atoms with Crippen LogP contribution in [0.2, 0.25) is 0 Å². The molecular weight excluding hydrogens is 394 g/mol. The monoisotopic (exact) mass is 415 g/mol. The lowest BCUT2D eigenvalue weighted by atomic mass is 10.2. The third-order valence-corrected chi connectivity index (χ3v) is 5.68. The first-order chi connectivity index (χ1) is 13.9. The molecule has 0 atom stereocenters. The van der Waals surface area contributed by atoms with E-state index in [4.69, 9.17) is 4.74 Å². The normalized spacial score (nSPS) is 14.8. The minimum Gasteiger partial charge on any atom is -0.480 e. The van der Waals surface area contributed by atoms with E-state index >= 15 is 0 Å². The van der Waals surface area contributed by atoms with Gasteiger partial charge in [0, 0.05) is 12.1 Å². The zero-order valence-corrected chi connectivity index (χ0v) is 17.2. The van der Waals surface area contributed by atoms with Crippen molar-refractivity contribution in [1.82, 2.24) is 35.0 Å². The molecule has 0 bridgehead atoms. The summed E-state index contributed by atoms with van der Waals surface area (Å²) in [4.78, 5) is 30.1. The second-order valence-electron chi connectivity index (χ2n) is 6.95. The van der Waals surface area contributed by atoms with E-state index < -0.39 is 11.5 Å². The zero-order chi connectivity index (χ0) is 20.6. The maximum atomic E-state index is 12.7. The van der Waals surface area contributed by atoms with Crippen molar-refractivity contribution < 1.29 is 14.6 Å². The maximum absolute atomic E-state index is 12.7. The van der Waals surface area contributed by atoms with Gasteiger partial charge >= 0.3 is 0 Å². The van der Waals surface area contributed by atoms with Crippen molar-refractivity contribution in [2.75, 3.05) is 19.9 Å². The molecule has 11 heteroatoms. The Hall–Kier alpha value is -2.79. The van der Waals surface area contributed by atoms with E-state index in [-0.39, 0.29) is 12.2 Å². The largest absolute Gasteiger partial charge is 0.480 e. The first-order valence-corrected chi connectivity index (χ1v) is 10.3. The Labute approximate surface area is 171 Å². The van der Waals surface area contributed by atoms with Gasteiger partial charge in [0.2, 0.25) is 5.88 Å². The number of hydrogen-bond acceptors (Lipinski definition) is 9. The topological polar surface area (TPSA) is 128 Å². The van der Waals surface area contributed by atoms with Crippen molar-refractivity contribution in [2.45, 2.75) is 36.9 Å². The van der Waals surface area contributed by atoms with Gasteiger partial charge in [-0.2, -0.15) is 10.1 Å². The van der Waals surface area contributed by atoms with Crippen LogP contribution in [0.5, 0.6) is 5.88 Å². The summed E-state index contributed by atoms with van der Waals surface area (Å²) < 4.78 is 6.77. The average molecular weight is 415 g/mol. The van der Waals surface area contributed by atoms with Crippen LogP contribution in [0.3, 0.4) is 0 Å². The van der Waals surface area contributed by atoms with Gasteiger partial charge in [-0.25, -0.2) is 19.6 Å². The second-order valence-corrected chi connectivity index (χ2v) is 7.75. The molecule has 152 valence electrons. The minimum absolute atomic E-state index is 0.149. The molecular formula is C18H21N7O3S. The van der Waals surface area contributed by atoms with Gasteiger partial charge in [0.25, 0.3) is 5.91 Å². The van der Waals surface area contributed by atoms with Crippen molar-refractivity contribution in [2.24, 2.45) is 0 Å². The third-order valence-electron chi connectivity index (χ3n) is 4.89. The molecule has 29 heavy (non-hydrogen) atoms. The van der Waals surface area contributed by atoms with Gasteiger partial charge in [0.15, 0.2) is 11.3 Å². The van der Waals surface area contributed by atoms with Crippen LogP contribution in [0.15, 0.2) is 17.6 Å². The van der Waals surface area contributed by atoms with Gasteiger partial charge in [0.05, 0.1) is 31.1 Å². The van der Waals surface area contributed by atoms with Gasteiger partial charge in [-0.15, -0.1) is 11.8 Å². The lowest BCUT2D eigenvalue weighted by Gasteiger charge is -2.08. The van der Waals surface area contributed by atoms with E-state index in [0.717, 1.165) is 16.3 Å². The molecule has 0 aliphatic heterocycles. The van der Waals surface area contributed by atoms with Crippen LogP contribution in [0.4, 0.5) is 0 Å². The molecule has 0 aromatic carbocycles. The van der Waals surface area contributed by atoms with Crippen LogP contribution in [0.1, 0.15) is 34.6 Å². The fraction of sp³-hybridized carbons (Fsp3) is 0.444. The average Bonchev–Trinajstić information content (AvgIpc) is 3.37.